The van der Waals surface area contributed by atoms with Crippen LogP contribution in [-0.4, -0.2) is 107 Å². The van der Waals surface area contributed by atoms with Gasteiger partial charge in [-0.2, -0.15) is 0 Å². The lowest BCUT2D eigenvalue weighted by molar-refractivity contribution is -0.168. The standard InChI is InChI=1S/C41H55N5O7/c1-26(2)22-34-37(48)42-30(24-28-14-8-6-9-15-28)36(47)43-31(25-29-16-10-7-11-17-29)38(49)46-21-13-19-33(46)41(52)53-35(23-27(3)4)40(51)45-20-12-18-32(45)39(50)44(34)5/h6-11,14-17,26-27,30-35H,12-13,18-25H2,1-5H3,(H,42,48)(H,43,47)/t30?,31-,32-,33-,34?,35-/m0/s1. The minimum atomic E-state index is -1.15. The molecule has 6 atom stereocenters. The summed E-state index contributed by atoms with van der Waals surface area (Å²) in [5, 5.41) is 5.90. The normalized spacial score (nSPS) is 26.6. The Bertz CT molecular complexity index is 1620. The van der Waals surface area contributed by atoms with Crippen LogP contribution in [0.25, 0.3) is 0 Å². The molecule has 2 N–H and O–H groups in total. The monoisotopic (exact) mass is 729 g/mol. The SMILES string of the molecule is CC(C)CC1C(=O)NC(Cc2ccccc2)C(=O)N[C@@H](Cc2ccccc2)C(=O)N2CCC[C@H]2C(=O)O[C@@H](CC(C)C)C(=O)N2CCC[C@H]2C(=O)N1C. The third kappa shape index (κ3) is 9.83. The number of fused-ring (bicyclic) bond motifs is 2. The Morgan fingerprint density at radius 1 is 0.642 bits per heavy atom. The first-order valence-electron chi connectivity index (χ1n) is 19.1. The second kappa shape index (κ2) is 17.9. The van der Waals surface area contributed by atoms with E-state index in [1.807, 2.05) is 88.4 Å². The van der Waals surface area contributed by atoms with Gasteiger partial charge >= 0.3 is 5.97 Å². The van der Waals surface area contributed by atoms with Gasteiger partial charge in [-0.15, -0.1) is 0 Å². The summed E-state index contributed by atoms with van der Waals surface area (Å²) < 4.78 is 6.00. The van der Waals surface area contributed by atoms with Crippen LogP contribution in [0.15, 0.2) is 60.7 Å². The largest absolute Gasteiger partial charge is 0.451 e. The summed E-state index contributed by atoms with van der Waals surface area (Å²) in [5.41, 5.74) is 1.60. The molecule has 3 heterocycles. The van der Waals surface area contributed by atoms with Gasteiger partial charge in [-0.3, -0.25) is 24.0 Å². The van der Waals surface area contributed by atoms with Gasteiger partial charge in [0.05, 0.1) is 0 Å². The van der Waals surface area contributed by atoms with Gasteiger partial charge < -0.3 is 30.1 Å². The molecule has 2 aromatic rings. The second-order valence-corrected chi connectivity index (χ2v) is 15.5. The number of hydrogen-bond donors (Lipinski definition) is 2. The number of cyclic esters (lactones) is 1. The number of carbonyl (C=O) groups is 6. The smallest absolute Gasteiger partial charge is 0.329 e. The van der Waals surface area contributed by atoms with Crippen molar-refractivity contribution in [1.29, 1.82) is 0 Å². The molecule has 3 aliphatic heterocycles. The van der Waals surface area contributed by atoms with Crippen molar-refractivity contribution in [3.8, 4) is 0 Å². The lowest BCUT2D eigenvalue weighted by Gasteiger charge is -2.36. The predicted octanol–water partition coefficient (Wildman–Crippen LogP) is 3.27. The lowest BCUT2D eigenvalue weighted by Crippen LogP contribution is -2.60. The molecule has 2 unspecified atom stereocenters. The third-order valence-corrected chi connectivity index (χ3v) is 10.5. The van der Waals surface area contributed by atoms with Crippen LogP contribution in [0.2, 0.25) is 0 Å². The van der Waals surface area contributed by atoms with Crippen molar-refractivity contribution in [1.82, 2.24) is 25.3 Å². The average Bonchev–Trinajstić information content (AvgIpc) is 3.83. The van der Waals surface area contributed by atoms with Crippen molar-refractivity contribution in [3.63, 3.8) is 0 Å². The minimum absolute atomic E-state index is 0.0104. The summed E-state index contributed by atoms with van der Waals surface area (Å²) in [6.45, 7) is 8.34. The maximum Gasteiger partial charge on any atom is 0.329 e. The summed E-state index contributed by atoms with van der Waals surface area (Å²) in [4.78, 5) is 89.9. The molecule has 0 spiro atoms. The molecule has 12 nitrogen and oxygen atoms in total. The first kappa shape index (κ1) is 39.5. The Balaban J connectivity index is 1.57. The summed E-state index contributed by atoms with van der Waals surface area (Å²) >= 11 is 0. The number of nitrogens with one attached hydrogen (secondary N) is 2. The molecule has 3 saturated heterocycles. The molecule has 0 bridgehead atoms. The highest BCUT2D eigenvalue weighted by atomic mass is 16.6. The van der Waals surface area contributed by atoms with E-state index in [0.717, 1.165) is 11.1 Å². The van der Waals surface area contributed by atoms with Crippen molar-refractivity contribution < 1.29 is 33.5 Å². The number of carbonyl (C=O) groups excluding carboxylic acids is 6. The molecule has 0 radical (unpaired) electrons. The van der Waals surface area contributed by atoms with E-state index < -0.39 is 65.9 Å². The fourth-order valence-electron chi connectivity index (χ4n) is 7.72. The van der Waals surface area contributed by atoms with E-state index in [2.05, 4.69) is 10.6 Å². The zero-order chi connectivity index (χ0) is 38.2. The molecule has 3 fully saturated rings. The van der Waals surface area contributed by atoms with Gasteiger partial charge in [0.25, 0.3) is 5.91 Å². The molecule has 2 aromatic carbocycles. The Hall–Kier alpha value is -4.74. The van der Waals surface area contributed by atoms with Crippen molar-refractivity contribution in [3.05, 3.63) is 71.8 Å². The summed E-state index contributed by atoms with van der Waals surface area (Å²) in [6, 6.07) is 13.7. The lowest BCUT2D eigenvalue weighted by atomic mass is 9.98. The number of amides is 5. The predicted molar refractivity (Wildman–Crippen MR) is 199 cm³/mol. The number of ether oxygens (including phenoxy) is 1. The van der Waals surface area contributed by atoms with E-state index in [-0.39, 0.29) is 43.6 Å². The van der Waals surface area contributed by atoms with E-state index in [1.54, 1.807) is 7.05 Å². The van der Waals surface area contributed by atoms with Crippen LogP contribution in [0.5, 0.6) is 0 Å². The van der Waals surface area contributed by atoms with Gasteiger partial charge in [0.2, 0.25) is 23.6 Å². The molecule has 53 heavy (non-hydrogen) atoms. The Labute approximate surface area is 313 Å². The van der Waals surface area contributed by atoms with E-state index in [4.69, 9.17) is 4.74 Å². The Kier molecular flexibility index (Phi) is 13.3. The summed E-state index contributed by atoms with van der Waals surface area (Å²) in [7, 11) is 1.56. The number of esters is 1. The maximum absolute atomic E-state index is 14.5. The number of benzene rings is 2. The molecule has 12 heteroatoms. The second-order valence-electron chi connectivity index (χ2n) is 15.5. The van der Waals surface area contributed by atoms with E-state index in [1.165, 1.54) is 14.7 Å². The molecule has 0 saturated carbocycles. The zero-order valence-electron chi connectivity index (χ0n) is 31.7. The molecule has 0 aromatic heterocycles. The van der Waals surface area contributed by atoms with Gasteiger partial charge in [0.15, 0.2) is 6.10 Å². The van der Waals surface area contributed by atoms with Crippen LogP contribution in [0, 0.1) is 11.8 Å². The third-order valence-electron chi connectivity index (χ3n) is 10.5. The van der Waals surface area contributed by atoms with Crippen LogP contribution in [0.4, 0.5) is 0 Å². The molecule has 0 aliphatic carbocycles. The van der Waals surface area contributed by atoms with Gasteiger partial charge in [-0.1, -0.05) is 88.4 Å². The van der Waals surface area contributed by atoms with Crippen molar-refractivity contribution >= 4 is 35.5 Å². The highest BCUT2D eigenvalue weighted by molar-refractivity contribution is 5.97. The van der Waals surface area contributed by atoms with Gasteiger partial charge in [-0.25, -0.2) is 4.79 Å². The summed E-state index contributed by atoms with van der Waals surface area (Å²) in [6.07, 6.45) is 1.56. The van der Waals surface area contributed by atoms with E-state index in [9.17, 15) is 28.8 Å². The number of rotatable bonds is 8. The van der Waals surface area contributed by atoms with Crippen LogP contribution < -0.4 is 10.6 Å². The molecule has 5 rings (SSSR count). The number of hydrogen-bond acceptors (Lipinski definition) is 7. The molecular formula is C41H55N5O7. The molecule has 286 valence electrons. The molecular weight excluding hydrogens is 674 g/mol. The average molecular weight is 730 g/mol. The van der Waals surface area contributed by atoms with Gasteiger partial charge in [-0.05, 0) is 61.5 Å². The zero-order valence-corrected chi connectivity index (χ0v) is 31.7. The fraction of sp³-hybridized carbons (Fsp3) is 0.561. The summed E-state index contributed by atoms with van der Waals surface area (Å²) in [5.74, 6) is -3.01. The van der Waals surface area contributed by atoms with Crippen LogP contribution in [0.3, 0.4) is 0 Å². The maximum atomic E-state index is 14.5. The minimum Gasteiger partial charge on any atom is -0.451 e. The van der Waals surface area contributed by atoms with Crippen molar-refractivity contribution in [2.24, 2.45) is 11.8 Å². The highest BCUT2D eigenvalue weighted by Gasteiger charge is 2.45. The molecule has 3 aliphatic rings. The van der Waals surface area contributed by atoms with Gasteiger partial charge in [0, 0.05) is 33.0 Å². The molecule has 5 amide bonds. The topological polar surface area (TPSA) is 145 Å². The fourth-order valence-corrected chi connectivity index (χ4v) is 7.72. The van der Waals surface area contributed by atoms with E-state index in [0.29, 0.717) is 38.6 Å². The van der Waals surface area contributed by atoms with Gasteiger partial charge in [0.1, 0.15) is 30.2 Å². The quantitative estimate of drug-likeness (QED) is 0.397. The van der Waals surface area contributed by atoms with Crippen molar-refractivity contribution in [2.45, 2.75) is 115 Å². The Morgan fingerprint density at radius 2 is 1.15 bits per heavy atom. The number of nitrogens with zero attached hydrogens (tertiary/aromatic N) is 3. The first-order valence-corrected chi connectivity index (χ1v) is 19.1. The van der Waals surface area contributed by atoms with Crippen LogP contribution in [-0.2, 0) is 46.3 Å². The van der Waals surface area contributed by atoms with E-state index >= 15 is 0 Å². The first-order chi connectivity index (χ1) is 25.3. The van der Waals surface area contributed by atoms with Crippen LogP contribution in [0.1, 0.15) is 77.3 Å². The van der Waals surface area contributed by atoms with Crippen molar-refractivity contribution in [2.75, 3.05) is 20.1 Å². The van der Waals surface area contributed by atoms with Crippen LogP contribution >= 0.6 is 0 Å². The Morgan fingerprint density at radius 3 is 1.72 bits per heavy atom. The number of likely N-dealkylation sites (N-methyl/N-ethyl adjacent to an activating group) is 1. The highest BCUT2D eigenvalue weighted by Crippen LogP contribution is 2.27.